The molecule has 0 radical (unpaired) electrons. The van der Waals surface area contributed by atoms with E-state index in [1.165, 1.54) is 110 Å². The molecule has 1 aromatic heterocycles. The van der Waals surface area contributed by atoms with Crippen molar-refractivity contribution in [3.63, 3.8) is 0 Å². The van der Waals surface area contributed by atoms with Gasteiger partial charge >= 0.3 is 0 Å². The number of fused-ring (bicyclic) bond motifs is 10. The molecule has 64 heavy (non-hydrogen) atoms. The summed E-state index contributed by atoms with van der Waals surface area (Å²) in [5.41, 5.74) is 13.5. The van der Waals surface area contributed by atoms with E-state index in [1.54, 1.807) is 0 Å². The quantitative estimate of drug-likeness (QED) is 0.187. The maximum Gasteiger partial charge on any atom is 0.107 e. The minimum absolute atomic E-state index is 0.00812. The number of nitrogens with one attached hydrogen (secondary N) is 1. The number of rotatable bonds is 5. The van der Waals surface area contributed by atoms with Crippen molar-refractivity contribution in [3.8, 4) is 27.9 Å². The standard InChI is InChI=1S/C61H43N3/c1-63-55-31-12-11-28-53(55)60(44-23-13-21-42(36-44)39-16-3-2-4-17-39)62-61(63)52-30-15-22-43-37-45(33-34-47(43)52)64-56-35-32-41-19-6-8-25-48(41)58(56)59-51-27-10-9-26-50(51)54(38-57(59)64)49-29-14-20-40-18-5-7-24-46(40)49/h2-38,60-62H,1H3. The SMILES string of the molecule is CN1c2ccccc2C(c2cccc(-c3ccccc3)c2)NC1c1cccc2cc(-n3c4ccc5ccccc5c4c4c5ccccc5c(-c5cccc6ccccc56)cc43)ccc12. The Morgan fingerprint density at radius 3 is 1.91 bits per heavy atom. The molecular weight excluding hydrogens is 775 g/mol. The van der Waals surface area contributed by atoms with Crippen molar-refractivity contribution in [1.82, 2.24) is 9.88 Å². The predicted octanol–water partition coefficient (Wildman–Crippen LogP) is 15.6. The van der Waals surface area contributed by atoms with Gasteiger partial charge < -0.3 is 9.47 Å². The Morgan fingerprint density at radius 1 is 0.391 bits per heavy atom. The summed E-state index contributed by atoms with van der Waals surface area (Å²) in [4.78, 5) is 2.41. The zero-order chi connectivity index (χ0) is 42.3. The van der Waals surface area contributed by atoms with Crippen molar-refractivity contribution in [3.05, 3.63) is 241 Å². The minimum atomic E-state index is -0.0657. The van der Waals surface area contributed by atoms with Gasteiger partial charge in [0, 0.05) is 29.2 Å². The van der Waals surface area contributed by atoms with Crippen LogP contribution in [0.2, 0.25) is 0 Å². The maximum atomic E-state index is 4.14. The molecule has 0 saturated heterocycles. The first kappa shape index (κ1) is 36.7. The lowest BCUT2D eigenvalue weighted by Crippen LogP contribution is -2.43. The fourth-order valence-corrected chi connectivity index (χ4v) is 10.9. The van der Waals surface area contributed by atoms with Crippen LogP contribution in [-0.4, -0.2) is 11.6 Å². The first-order valence-corrected chi connectivity index (χ1v) is 22.3. The van der Waals surface area contributed by atoms with Gasteiger partial charge in [-0.2, -0.15) is 0 Å². The molecule has 0 bridgehead atoms. The molecule has 11 aromatic carbocycles. The van der Waals surface area contributed by atoms with E-state index in [0.29, 0.717) is 0 Å². The summed E-state index contributed by atoms with van der Waals surface area (Å²) >= 11 is 0. The summed E-state index contributed by atoms with van der Waals surface area (Å²) in [7, 11) is 2.22. The predicted molar refractivity (Wildman–Crippen MR) is 271 cm³/mol. The average molecular weight is 818 g/mol. The van der Waals surface area contributed by atoms with Gasteiger partial charge in [-0.25, -0.2) is 0 Å². The highest BCUT2D eigenvalue weighted by atomic mass is 15.3. The van der Waals surface area contributed by atoms with Gasteiger partial charge in [-0.3, -0.25) is 5.32 Å². The Kier molecular flexibility index (Phi) is 8.34. The lowest BCUT2D eigenvalue weighted by atomic mass is 9.90. The van der Waals surface area contributed by atoms with Crippen LogP contribution in [0.15, 0.2) is 224 Å². The molecule has 2 unspecified atom stereocenters. The third kappa shape index (κ3) is 5.64. The minimum Gasteiger partial charge on any atom is -0.355 e. The van der Waals surface area contributed by atoms with E-state index in [9.17, 15) is 0 Å². The zero-order valence-corrected chi connectivity index (χ0v) is 35.4. The van der Waals surface area contributed by atoms with E-state index in [0.717, 1.165) is 5.69 Å². The van der Waals surface area contributed by atoms with Crippen LogP contribution < -0.4 is 10.2 Å². The Balaban J connectivity index is 1.01. The van der Waals surface area contributed by atoms with E-state index in [1.807, 2.05) is 0 Å². The molecule has 3 heteroatoms. The molecule has 302 valence electrons. The fraction of sp³-hybridized carbons (Fsp3) is 0.0492. The van der Waals surface area contributed by atoms with Gasteiger partial charge in [-0.1, -0.05) is 188 Å². The van der Waals surface area contributed by atoms with Crippen LogP contribution >= 0.6 is 0 Å². The molecule has 0 fully saturated rings. The number of aromatic nitrogens is 1. The largest absolute Gasteiger partial charge is 0.355 e. The molecule has 12 aromatic rings. The summed E-state index contributed by atoms with van der Waals surface area (Å²) < 4.78 is 2.52. The zero-order valence-electron chi connectivity index (χ0n) is 35.4. The van der Waals surface area contributed by atoms with E-state index >= 15 is 0 Å². The van der Waals surface area contributed by atoms with Gasteiger partial charge in [0.1, 0.15) is 6.17 Å². The lowest BCUT2D eigenvalue weighted by molar-refractivity contribution is 0.456. The van der Waals surface area contributed by atoms with E-state index < -0.39 is 0 Å². The van der Waals surface area contributed by atoms with Gasteiger partial charge in [-0.15, -0.1) is 0 Å². The first-order valence-electron chi connectivity index (χ1n) is 22.3. The molecule has 0 amide bonds. The molecule has 1 N–H and O–H groups in total. The second-order valence-corrected chi connectivity index (χ2v) is 17.3. The van der Waals surface area contributed by atoms with E-state index in [4.69, 9.17) is 0 Å². The van der Waals surface area contributed by atoms with Gasteiger partial charge in [0.25, 0.3) is 0 Å². The number of nitrogens with zero attached hydrogens (tertiary/aromatic N) is 2. The normalized spacial score (nSPS) is 15.2. The van der Waals surface area contributed by atoms with E-state index in [-0.39, 0.29) is 12.2 Å². The summed E-state index contributed by atoms with van der Waals surface area (Å²) in [5, 5.41) is 16.7. The summed E-state index contributed by atoms with van der Waals surface area (Å²) in [6, 6.07) is 82.9. The molecule has 0 saturated carbocycles. The third-order valence-corrected chi connectivity index (χ3v) is 13.9. The lowest BCUT2D eigenvalue weighted by Gasteiger charge is -2.42. The number of hydrogen-bond donors (Lipinski definition) is 1. The Bertz CT molecular complexity index is 3800. The van der Waals surface area contributed by atoms with Crippen LogP contribution in [0.3, 0.4) is 0 Å². The molecule has 0 aliphatic carbocycles. The van der Waals surface area contributed by atoms with Crippen LogP contribution in [0.1, 0.15) is 28.9 Å². The molecule has 3 nitrogen and oxygen atoms in total. The van der Waals surface area contributed by atoms with Crippen molar-refractivity contribution >= 4 is 70.6 Å². The Labute approximate surface area is 372 Å². The maximum absolute atomic E-state index is 4.14. The van der Waals surface area contributed by atoms with Crippen LogP contribution in [0, 0.1) is 0 Å². The summed E-state index contributed by atoms with van der Waals surface area (Å²) in [6.07, 6.45) is -0.0657. The summed E-state index contributed by atoms with van der Waals surface area (Å²) in [5.74, 6) is 0. The first-order chi connectivity index (χ1) is 31.7. The van der Waals surface area contributed by atoms with Gasteiger partial charge in [0.2, 0.25) is 0 Å². The smallest absolute Gasteiger partial charge is 0.107 e. The second-order valence-electron chi connectivity index (χ2n) is 17.3. The molecule has 13 rings (SSSR count). The molecule has 2 atom stereocenters. The number of hydrogen-bond acceptors (Lipinski definition) is 2. The number of para-hydroxylation sites is 1. The molecule has 2 heterocycles. The van der Waals surface area contributed by atoms with Gasteiger partial charge in [-0.05, 0) is 118 Å². The van der Waals surface area contributed by atoms with Gasteiger partial charge in [0.15, 0.2) is 0 Å². The van der Waals surface area contributed by atoms with Crippen molar-refractivity contribution in [2.24, 2.45) is 0 Å². The topological polar surface area (TPSA) is 20.2 Å². The van der Waals surface area contributed by atoms with Gasteiger partial charge in [0.05, 0.1) is 17.1 Å². The van der Waals surface area contributed by atoms with Crippen LogP contribution in [0.4, 0.5) is 5.69 Å². The molecule has 1 aliphatic heterocycles. The average Bonchev–Trinajstić information content (AvgIpc) is 3.71. The molecule has 0 spiro atoms. The van der Waals surface area contributed by atoms with Crippen LogP contribution in [0.25, 0.3) is 92.8 Å². The Morgan fingerprint density at radius 2 is 1.03 bits per heavy atom. The molecular formula is C61H43N3. The van der Waals surface area contributed by atoms with Crippen molar-refractivity contribution in [2.75, 3.05) is 11.9 Å². The van der Waals surface area contributed by atoms with E-state index in [2.05, 4.69) is 246 Å². The highest BCUT2D eigenvalue weighted by Gasteiger charge is 2.33. The number of anilines is 1. The van der Waals surface area contributed by atoms with Crippen molar-refractivity contribution in [2.45, 2.75) is 12.2 Å². The third-order valence-electron chi connectivity index (χ3n) is 13.9. The highest BCUT2D eigenvalue weighted by Crippen LogP contribution is 2.46. The monoisotopic (exact) mass is 817 g/mol. The van der Waals surface area contributed by atoms with Crippen LogP contribution in [0.5, 0.6) is 0 Å². The highest BCUT2D eigenvalue weighted by molar-refractivity contribution is 6.30. The molecule has 1 aliphatic rings. The summed E-state index contributed by atoms with van der Waals surface area (Å²) in [6.45, 7) is 0. The number of benzene rings is 11. The van der Waals surface area contributed by atoms with Crippen molar-refractivity contribution in [1.29, 1.82) is 0 Å². The fourth-order valence-electron chi connectivity index (χ4n) is 10.9. The van der Waals surface area contributed by atoms with Crippen molar-refractivity contribution < 1.29 is 0 Å². The Hall–Kier alpha value is -7.98. The van der Waals surface area contributed by atoms with Crippen LogP contribution in [-0.2, 0) is 0 Å². The second kappa shape index (κ2) is 14.6.